The van der Waals surface area contributed by atoms with Crippen LogP contribution in [0.15, 0.2) is 54.6 Å². The number of amides is 1. The molecule has 0 unspecified atom stereocenters. The molecule has 4 N–H and O–H groups in total. The third kappa shape index (κ3) is 5.31. The van der Waals surface area contributed by atoms with Gasteiger partial charge in [0.15, 0.2) is 0 Å². The van der Waals surface area contributed by atoms with Crippen LogP contribution in [0.1, 0.15) is 23.6 Å². The Morgan fingerprint density at radius 3 is 2.17 bits per heavy atom. The normalized spacial score (nSPS) is 13.6. The van der Waals surface area contributed by atoms with Crippen LogP contribution in [-0.2, 0) is 11.3 Å². The third-order valence-electron chi connectivity index (χ3n) is 3.65. The number of nitrogens with one attached hydrogen (secondary N) is 2. The highest BCUT2D eigenvalue weighted by atomic mass is 16.5. The second-order valence-electron chi connectivity index (χ2n) is 5.56. The van der Waals surface area contributed by atoms with Crippen molar-refractivity contribution in [2.45, 2.75) is 25.6 Å². The van der Waals surface area contributed by atoms with Gasteiger partial charge in [0.05, 0.1) is 6.10 Å². The number of hydrogen-bond acceptors (Lipinski definition) is 4. The van der Waals surface area contributed by atoms with E-state index in [1.807, 2.05) is 66.7 Å². The fourth-order valence-electron chi connectivity index (χ4n) is 2.28. The van der Waals surface area contributed by atoms with E-state index in [4.69, 9.17) is 5.21 Å². The number of carbonyl (C=O) groups is 1. The van der Waals surface area contributed by atoms with Gasteiger partial charge in [-0.25, -0.2) is 5.48 Å². The fraction of sp³-hybridized carbons (Fsp3) is 0.211. The molecule has 0 bridgehead atoms. The minimum Gasteiger partial charge on any atom is -0.391 e. The topological polar surface area (TPSA) is 81.6 Å². The summed E-state index contributed by atoms with van der Waals surface area (Å²) >= 11 is 0. The lowest BCUT2D eigenvalue weighted by Gasteiger charge is -2.19. The number of carbonyl (C=O) groups excluding carboxylic acids is 1. The molecule has 5 heteroatoms. The molecular weight excluding hydrogens is 304 g/mol. The van der Waals surface area contributed by atoms with E-state index in [2.05, 4.69) is 5.32 Å². The predicted molar refractivity (Wildman–Crippen MR) is 94.0 cm³/mol. The first kappa shape index (κ1) is 17.9. The molecule has 0 aliphatic heterocycles. The molecule has 126 valence electrons. The lowest BCUT2D eigenvalue weighted by molar-refractivity contribution is -0.134. The number of hydroxylamine groups is 1. The molecule has 0 aromatic heterocycles. The van der Waals surface area contributed by atoms with E-state index in [9.17, 15) is 9.90 Å². The average molecular weight is 326 g/mol. The van der Waals surface area contributed by atoms with Crippen molar-refractivity contribution in [1.29, 1.82) is 0 Å². The summed E-state index contributed by atoms with van der Waals surface area (Å²) in [6, 6.07) is 17.1. The zero-order valence-corrected chi connectivity index (χ0v) is 13.5. The molecule has 24 heavy (non-hydrogen) atoms. The van der Waals surface area contributed by atoms with Gasteiger partial charge in [-0.1, -0.05) is 66.7 Å². The number of aliphatic hydroxyl groups is 1. The molecule has 0 saturated carbocycles. The molecule has 5 nitrogen and oxygen atoms in total. The number of hydrogen-bond donors (Lipinski definition) is 4. The molecule has 1 amide bonds. The van der Waals surface area contributed by atoms with E-state index >= 15 is 0 Å². The maximum Gasteiger partial charge on any atom is 0.263 e. The minimum atomic E-state index is -0.912. The van der Waals surface area contributed by atoms with Crippen LogP contribution in [0.5, 0.6) is 0 Å². The molecule has 0 radical (unpaired) electrons. The average Bonchev–Trinajstić information content (AvgIpc) is 2.61. The minimum absolute atomic E-state index is 0.408. The van der Waals surface area contributed by atoms with Crippen molar-refractivity contribution in [2.75, 3.05) is 0 Å². The Balaban J connectivity index is 1.94. The van der Waals surface area contributed by atoms with Crippen molar-refractivity contribution >= 4 is 18.1 Å². The molecule has 2 aromatic rings. The van der Waals surface area contributed by atoms with E-state index < -0.39 is 18.1 Å². The molecule has 0 aliphatic rings. The molecule has 0 heterocycles. The SMILES string of the molecule is C[C@@H](O)[C@H](NCc1ccc(/C=C/c2ccccc2)cc1)C(=O)NO. The first-order valence-corrected chi connectivity index (χ1v) is 7.77. The third-order valence-corrected chi connectivity index (χ3v) is 3.65. The smallest absolute Gasteiger partial charge is 0.263 e. The van der Waals surface area contributed by atoms with Crippen LogP contribution in [0.4, 0.5) is 0 Å². The maximum absolute atomic E-state index is 11.5. The monoisotopic (exact) mass is 326 g/mol. The van der Waals surface area contributed by atoms with Gasteiger partial charge in [-0.3, -0.25) is 15.3 Å². The molecule has 2 atom stereocenters. The van der Waals surface area contributed by atoms with Crippen LogP contribution in [0.25, 0.3) is 12.2 Å². The summed E-state index contributed by atoms with van der Waals surface area (Å²) in [5.74, 6) is -0.660. The van der Waals surface area contributed by atoms with Gasteiger partial charge in [-0.05, 0) is 23.6 Å². The van der Waals surface area contributed by atoms with Gasteiger partial charge in [0.1, 0.15) is 6.04 Å². The van der Waals surface area contributed by atoms with Crippen molar-refractivity contribution in [3.05, 3.63) is 71.3 Å². The Kier molecular flexibility index (Phi) is 6.69. The van der Waals surface area contributed by atoms with E-state index in [1.54, 1.807) is 5.48 Å². The summed E-state index contributed by atoms with van der Waals surface area (Å²) < 4.78 is 0. The van der Waals surface area contributed by atoms with Gasteiger partial charge < -0.3 is 5.11 Å². The van der Waals surface area contributed by atoms with Gasteiger partial charge in [0.25, 0.3) is 5.91 Å². The summed E-state index contributed by atoms with van der Waals surface area (Å²) in [5, 5.41) is 21.2. The Bertz CT molecular complexity index is 667. The van der Waals surface area contributed by atoms with Crippen LogP contribution in [-0.4, -0.2) is 28.4 Å². The van der Waals surface area contributed by atoms with Crippen LogP contribution in [0, 0.1) is 0 Å². The Morgan fingerprint density at radius 1 is 1.04 bits per heavy atom. The molecule has 0 aliphatic carbocycles. The first-order chi connectivity index (χ1) is 11.6. The second kappa shape index (κ2) is 8.98. The standard InChI is InChI=1S/C19H22N2O3/c1-14(22)18(19(23)21-24)20-13-17-11-9-16(10-12-17)8-7-15-5-3-2-4-6-15/h2-12,14,18,20,22,24H,13H2,1H3,(H,21,23)/b8-7+/t14-,18+/m1/s1. The predicted octanol–water partition coefficient (Wildman–Crippen LogP) is 2.20. The zero-order valence-electron chi connectivity index (χ0n) is 13.5. The first-order valence-electron chi connectivity index (χ1n) is 7.77. The largest absolute Gasteiger partial charge is 0.391 e. The quantitative estimate of drug-likeness (QED) is 0.357. The van der Waals surface area contributed by atoms with Crippen molar-refractivity contribution in [3.8, 4) is 0 Å². The van der Waals surface area contributed by atoms with E-state index in [0.29, 0.717) is 6.54 Å². The summed E-state index contributed by atoms with van der Waals surface area (Å²) in [7, 11) is 0. The van der Waals surface area contributed by atoms with E-state index in [-0.39, 0.29) is 0 Å². The zero-order chi connectivity index (χ0) is 17.4. The molecule has 2 aromatic carbocycles. The highest BCUT2D eigenvalue weighted by molar-refractivity contribution is 5.81. The second-order valence-corrected chi connectivity index (χ2v) is 5.56. The van der Waals surface area contributed by atoms with Crippen molar-refractivity contribution in [2.24, 2.45) is 0 Å². The number of rotatable bonds is 7. The highest BCUT2D eigenvalue weighted by Crippen LogP contribution is 2.10. The lowest BCUT2D eigenvalue weighted by atomic mass is 10.1. The molecule has 0 spiro atoms. The van der Waals surface area contributed by atoms with Gasteiger partial charge in [-0.2, -0.15) is 0 Å². The fourth-order valence-corrected chi connectivity index (χ4v) is 2.28. The van der Waals surface area contributed by atoms with Crippen LogP contribution >= 0.6 is 0 Å². The van der Waals surface area contributed by atoms with Gasteiger partial charge in [-0.15, -0.1) is 0 Å². The summed E-state index contributed by atoms with van der Waals surface area (Å²) in [4.78, 5) is 11.5. The van der Waals surface area contributed by atoms with Crippen LogP contribution in [0.3, 0.4) is 0 Å². The van der Waals surface area contributed by atoms with Crippen LogP contribution < -0.4 is 10.8 Å². The van der Waals surface area contributed by atoms with Crippen molar-refractivity contribution in [1.82, 2.24) is 10.8 Å². The molecule has 2 rings (SSSR count). The van der Waals surface area contributed by atoms with Crippen molar-refractivity contribution in [3.63, 3.8) is 0 Å². The molecular formula is C19H22N2O3. The van der Waals surface area contributed by atoms with E-state index in [0.717, 1.165) is 16.7 Å². The summed E-state index contributed by atoms with van der Waals surface area (Å²) in [6.07, 6.45) is 3.16. The van der Waals surface area contributed by atoms with E-state index in [1.165, 1.54) is 6.92 Å². The number of benzene rings is 2. The highest BCUT2D eigenvalue weighted by Gasteiger charge is 2.22. The van der Waals surface area contributed by atoms with Gasteiger partial charge in [0.2, 0.25) is 0 Å². The van der Waals surface area contributed by atoms with Gasteiger partial charge in [0, 0.05) is 6.54 Å². The molecule has 0 saturated heterocycles. The number of aliphatic hydroxyl groups excluding tert-OH is 1. The Hall–Kier alpha value is -2.47. The van der Waals surface area contributed by atoms with Crippen molar-refractivity contribution < 1.29 is 15.1 Å². The van der Waals surface area contributed by atoms with Gasteiger partial charge >= 0.3 is 0 Å². The Morgan fingerprint density at radius 2 is 1.62 bits per heavy atom. The maximum atomic E-state index is 11.5. The molecule has 0 fully saturated rings. The Labute approximate surface area is 141 Å². The van der Waals surface area contributed by atoms with Crippen LogP contribution in [0.2, 0.25) is 0 Å². The lowest BCUT2D eigenvalue weighted by Crippen LogP contribution is -2.49. The summed E-state index contributed by atoms with van der Waals surface area (Å²) in [6.45, 7) is 1.90. The summed E-state index contributed by atoms with van der Waals surface area (Å²) in [5.41, 5.74) is 4.74.